The standard InChI is InChI=1S/C12H11FN2O3/c1-6-3-10(18-2)8-4-7(13)5-9(11(8)14-6)12(16)15-17/h3-5,17H,1-2H3,(H,15,16). The molecule has 0 bridgehead atoms. The lowest BCUT2D eigenvalue weighted by atomic mass is 10.1. The molecule has 94 valence electrons. The molecule has 0 aliphatic heterocycles. The van der Waals surface area contributed by atoms with E-state index in [0.29, 0.717) is 16.8 Å². The molecule has 0 radical (unpaired) electrons. The number of amides is 1. The van der Waals surface area contributed by atoms with E-state index in [0.717, 1.165) is 6.07 Å². The molecule has 2 rings (SSSR count). The Morgan fingerprint density at radius 2 is 2.17 bits per heavy atom. The smallest absolute Gasteiger partial charge is 0.276 e. The number of fused-ring (bicyclic) bond motifs is 1. The first-order valence-electron chi connectivity index (χ1n) is 5.16. The monoisotopic (exact) mass is 250 g/mol. The molecule has 0 unspecified atom stereocenters. The fourth-order valence-electron chi connectivity index (χ4n) is 1.79. The molecule has 2 aromatic rings. The van der Waals surface area contributed by atoms with Gasteiger partial charge < -0.3 is 4.74 Å². The second-order valence-electron chi connectivity index (χ2n) is 3.76. The predicted octanol–water partition coefficient (Wildman–Crippen LogP) is 1.81. The van der Waals surface area contributed by atoms with Crippen molar-refractivity contribution < 1.29 is 19.1 Å². The lowest BCUT2D eigenvalue weighted by molar-refractivity contribution is 0.0707. The van der Waals surface area contributed by atoms with E-state index in [1.54, 1.807) is 13.0 Å². The van der Waals surface area contributed by atoms with Crippen molar-refractivity contribution in [1.82, 2.24) is 10.5 Å². The number of aromatic nitrogens is 1. The predicted molar refractivity (Wildman–Crippen MR) is 62.2 cm³/mol. The van der Waals surface area contributed by atoms with Gasteiger partial charge in [-0.3, -0.25) is 15.0 Å². The van der Waals surface area contributed by atoms with Crippen molar-refractivity contribution in [2.75, 3.05) is 7.11 Å². The van der Waals surface area contributed by atoms with Gasteiger partial charge in [-0.05, 0) is 19.1 Å². The number of hydrogen-bond acceptors (Lipinski definition) is 4. The molecule has 18 heavy (non-hydrogen) atoms. The van der Waals surface area contributed by atoms with E-state index >= 15 is 0 Å². The summed E-state index contributed by atoms with van der Waals surface area (Å²) in [5.41, 5.74) is 2.33. The number of carbonyl (C=O) groups excluding carboxylic acids is 1. The zero-order chi connectivity index (χ0) is 13.3. The van der Waals surface area contributed by atoms with E-state index in [9.17, 15) is 9.18 Å². The van der Waals surface area contributed by atoms with Gasteiger partial charge in [0.2, 0.25) is 0 Å². The van der Waals surface area contributed by atoms with Crippen molar-refractivity contribution in [3.05, 3.63) is 35.3 Å². The average Bonchev–Trinajstić information content (AvgIpc) is 2.36. The molecule has 0 spiro atoms. The second kappa shape index (κ2) is 4.58. The summed E-state index contributed by atoms with van der Waals surface area (Å²) in [6.45, 7) is 1.73. The van der Waals surface area contributed by atoms with Crippen LogP contribution in [-0.2, 0) is 0 Å². The third-order valence-electron chi connectivity index (χ3n) is 2.53. The number of halogens is 1. The van der Waals surface area contributed by atoms with Gasteiger partial charge in [-0.15, -0.1) is 0 Å². The number of methoxy groups -OCH3 is 1. The summed E-state index contributed by atoms with van der Waals surface area (Å²) >= 11 is 0. The quantitative estimate of drug-likeness (QED) is 0.630. The van der Waals surface area contributed by atoms with Crippen molar-refractivity contribution in [3.8, 4) is 5.75 Å². The van der Waals surface area contributed by atoms with Gasteiger partial charge in [0.05, 0.1) is 18.2 Å². The van der Waals surface area contributed by atoms with Crippen LogP contribution in [-0.4, -0.2) is 23.2 Å². The molecule has 2 N–H and O–H groups in total. The van der Waals surface area contributed by atoms with Gasteiger partial charge in [-0.1, -0.05) is 0 Å². The minimum atomic E-state index is -0.820. The second-order valence-corrected chi connectivity index (χ2v) is 3.76. The van der Waals surface area contributed by atoms with Crippen LogP contribution in [0.4, 0.5) is 4.39 Å². The first-order valence-corrected chi connectivity index (χ1v) is 5.16. The molecule has 1 aromatic heterocycles. The Hall–Kier alpha value is -2.21. The Labute approximate surface area is 102 Å². The maximum Gasteiger partial charge on any atom is 0.276 e. The van der Waals surface area contributed by atoms with Crippen LogP contribution in [0.3, 0.4) is 0 Å². The molecule has 0 aliphatic carbocycles. The molecule has 0 atom stereocenters. The van der Waals surface area contributed by atoms with Gasteiger partial charge in [-0.2, -0.15) is 0 Å². The number of hydroxylamine groups is 1. The van der Waals surface area contributed by atoms with Crippen LogP contribution in [0.1, 0.15) is 16.1 Å². The lowest BCUT2D eigenvalue weighted by Gasteiger charge is -2.09. The minimum Gasteiger partial charge on any atom is -0.496 e. The van der Waals surface area contributed by atoms with E-state index in [2.05, 4.69) is 4.98 Å². The van der Waals surface area contributed by atoms with Crippen LogP contribution >= 0.6 is 0 Å². The topological polar surface area (TPSA) is 71.5 Å². The van der Waals surface area contributed by atoms with Crippen molar-refractivity contribution in [3.63, 3.8) is 0 Å². The number of ether oxygens (including phenoxy) is 1. The molecule has 0 saturated carbocycles. The number of nitrogens with one attached hydrogen (secondary N) is 1. The van der Waals surface area contributed by atoms with Crippen molar-refractivity contribution >= 4 is 16.8 Å². The Bertz CT molecular complexity index is 628. The summed E-state index contributed by atoms with van der Waals surface area (Å²) in [6.07, 6.45) is 0. The van der Waals surface area contributed by atoms with Crippen molar-refractivity contribution in [2.24, 2.45) is 0 Å². The molecule has 0 aliphatic rings. The Balaban J connectivity index is 2.86. The number of hydrogen-bond donors (Lipinski definition) is 2. The molecular weight excluding hydrogens is 239 g/mol. The number of nitrogens with zero attached hydrogens (tertiary/aromatic N) is 1. The Morgan fingerprint density at radius 3 is 2.78 bits per heavy atom. The highest BCUT2D eigenvalue weighted by atomic mass is 19.1. The van der Waals surface area contributed by atoms with Crippen LogP contribution < -0.4 is 10.2 Å². The Kier molecular flexibility index (Phi) is 3.12. The van der Waals surface area contributed by atoms with Crippen LogP contribution in [0, 0.1) is 12.7 Å². The number of aryl methyl sites for hydroxylation is 1. The maximum atomic E-state index is 13.5. The molecule has 6 heteroatoms. The first-order chi connectivity index (χ1) is 8.56. The van der Waals surface area contributed by atoms with E-state index in [-0.39, 0.29) is 11.1 Å². The van der Waals surface area contributed by atoms with Crippen molar-refractivity contribution in [2.45, 2.75) is 6.92 Å². The van der Waals surface area contributed by atoms with Gasteiger partial charge in [-0.25, -0.2) is 9.87 Å². The van der Waals surface area contributed by atoms with E-state index < -0.39 is 11.7 Å². The van der Waals surface area contributed by atoms with E-state index in [4.69, 9.17) is 9.94 Å². The van der Waals surface area contributed by atoms with Gasteiger partial charge >= 0.3 is 0 Å². The Morgan fingerprint density at radius 1 is 1.44 bits per heavy atom. The highest BCUT2D eigenvalue weighted by molar-refractivity contribution is 6.06. The first kappa shape index (κ1) is 12.3. The molecule has 0 saturated heterocycles. The van der Waals surface area contributed by atoms with Crippen LogP contribution in [0.15, 0.2) is 18.2 Å². The van der Waals surface area contributed by atoms with Crippen LogP contribution in [0.2, 0.25) is 0 Å². The summed E-state index contributed by atoms with van der Waals surface area (Å²) in [7, 11) is 1.45. The van der Waals surface area contributed by atoms with Crippen molar-refractivity contribution in [1.29, 1.82) is 0 Å². The summed E-state index contributed by atoms with van der Waals surface area (Å²) in [5, 5.41) is 9.03. The molecule has 1 aromatic carbocycles. The summed E-state index contributed by atoms with van der Waals surface area (Å²) in [4.78, 5) is 15.7. The van der Waals surface area contributed by atoms with E-state index in [1.165, 1.54) is 18.7 Å². The number of carbonyl (C=O) groups is 1. The molecule has 1 amide bonds. The molecule has 1 heterocycles. The third-order valence-corrected chi connectivity index (χ3v) is 2.53. The van der Waals surface area contributed by atoms with E-state index in [1.807, 2.05) is 0 Å². The maximum absolute atomic E-state index is 13.5. The average molecular weight is 250 g/mol. The van der Waals surface area contributed by atoms with Gasteiger partial charge in [0.25, 0.3) is 5.91 Å². The fraction of sp³-hybridized carbons (Fsp3) is 0.167. The lowest BCUT2D eigenvalue weighted by Crippen LogP contribution is -2.19. The van der Waals surface area contributed by atoms with Crippen LogP contribution in [0.5, 0.6) is 5.75 Å². The number of benzene rings is 1. The third kappa shape index (κ3) is 1.98. The number of pyridine rings is 1. The largest absolute Gasteiger partial charge is 0.496 e. The summed E-state index contributed by atoms with van der Waals surface area (Å²) in [6, 6.07) is 3.89. The highest BCUT2D eigenvalue weighted by Gasteiger charge is 2.16. The SMILES string of the molecule is COc1cc(C)nc2c(C(=O)NO)cc(F)cc12. The van der Waals surface area contributed by atoms with Gasteiger partial charge in [0.15, 0.2) is 0 Å². The fourth-order valence-corrected chi connectivity index (χ4v) is 1.79. The molecular formula is C12H11FN2O3. The molecule has 5 nitrogen and oxygen atoms in total. The molecule has 0 fully saturated rings. The normalized spacial score (nSPS) is 10.4. The zero-order valence-electron chi connectivity index (χ0n) is 9.82. The minimum absolute atomic E-state index is 0.0468. The number of rotatable bonds is 2. The summed E-state index contributed by atoms with van der Waals surface area (Å²) < 4.78 is 18.6. The van der Waals surface area contributed by atoms with Gasteiger partial charge in [0, 0.05) is 17.1 Å². The van der Waals surface area contributed by atoms with Crippen LogP contribution in [0.25, 0.3) is 10.9 Å². The summed E-state index contributed by atoms with van der Waals surface area (Å²) in [5.74, 6) is -1.01. The highest BCUT2D eigenvalue weighted by Crippen LogP contribution is 2.28. The van der Waals surface area contributed by atoms with Gasteiger partial charge in [0.1, 0.15) is 11.6 Å². The zero-order valence-corrected chi connectivity index (χ0v) is 9.82.